The summed E-state index contributed by atoms with van der Waals surface area (Å²) in [5.74, 6) is -0.275. The fraction of sp³-hybridized carbons (Fsp3) is 0.412. The van der Waals surface area contributed by atoms with E-state index in [2.05, 4.69) is 4.98 Å². The number of piperidine rings is 1. The molecule has 1 aliphatic heterocycles. The molecule has 0 bridgehead atoms. The van der Waals surface area contributed by atoms with Crippen LogP contribution < -0.4 is 4.74 Å². The number of ether oxygens (including phenoxy) is 1. The number of thiazole rings is 1. The molecular weight excluding hydrogens is 315 g/mol. The normalized spacial score (nSPS) is 18.0. The molecule has 23 heavy (non-hydrogen) atoms. The molecule has 1 aliphatic rings. The molecule has 2 aromatic rings. The summed E-state index contributed by atoms with van der Waals surface area (Å²) >= 11 is 1.28. The fourth-order valence-corrected chi connectivity index (χ4v) is 3.83. The zero-order valence-electron chi connectivity index (χ0n) is 13.2. The Kier molecular flexibility index (Phi) is 4.61. The molecule has 1 fully saturated rings. The van der Waals surface area contributed by atoms with Crippen molar-refractivity contribution in [2.75, 3.05) is 13.7 Å². The molecule has 1 atom stereocenters. The number of hydrogen-bond donors (Lipinski definition) is 0. The average molecular weight is 334 g/mol. The highest BCUT2D eigenvalue weighted by Gasteiger charge is 2.31. The predicted molar refractivity (Wildman–Crippen MR) is 87.4 cm³/mol. The molecule has 1 aromatic heterocycles. The monoisotopic (exact) mass is 334 g/mol. The predicted octanol–water partition coefficient (Wildman–Crippen LogP) is 3.97. The standard InChI is InChI=1S/C17H19FN2O2S/c1-11-15(23-17(19-11)22-2)16(21)20-10-4-3-5-14(20)12-6-8-13(18)9-7-12/h6-9,14H,3-5,10H2,1-2H3. The average Bonchev–Trinajstić information content (AvgIpc) is 2.96. The van der Waals surface area contributed by atoms with Crippen LogP contribution in [0.3, 0.4) is 0 Å². The van der Waals surface area contributed by atoms with Crippen LogP contribution in [-0.4, -0.2) is 29.4 Å². The second-order valence-electron chi connectivity index (χ2n) is 5.66. The molecule has 4 nitrogen and oxygen atoms in total. The number of benzene rings is 1. The van der Waals surface area contributed by atoms with E-state index < -0.39 is 0 Å². The van der Waals surface area contributed by atoms with Crippen molar-refractivity contribution in [1.29, 1.82) is 0 Å². The Morgan fingerprint density at radius 2 is 2.09 bits per heavy atom. The van der Waals surface area contributed by atoms with Crippen LogP contribution >= 0.6 is 11.3 Å². The van der Waals surface area contributed by atoms with E-state index in [1.54, 1.807) is 19.2 Å². The van der Waals surface area contributed by atoms with Crippen molar-refractivity contribution in [2.24, 2.45) is 0 Å². The van der Waals surface area contributed by atoms with Crippen LogP contribution in [0.15, 0.2) is 24.3 Å². The number of carbonyl (C=O) groups excluding carboxylic acids is 1. The second kappa shape index (κ2) is 6.66. The largest absolute Gasteiger partial charge is 0.473 e. The van der Waals surface area contributed by atoms with Crippen LogP contribution in [0, 0.1) is 12.7 Å². The lowest BCUT2D eigenvalue weighted by Crippen LogP contribution is -2.38. The van der Waals surface area contributed by atoms with Crippen LogP contribution in [0.5, 0.6) is 5.19 Å². The molecule has 0 spiro atoms. The number of aryl methyl sites for hydroxylation is 1. The van der Waals surface area contributed by atoms with Crippen LogP contribution in [0.25, 0.3) is 0 Å². The molecule has 1 aromatic carbocycles. The highest BCUT2D eigenvalue weighted by molar-refractivity contribution is 7.15. The van der Waals surface area contributed by atoms with Gasteiger partial charge in [0.25, 0.3) is 11.1 Å². The first-order valence-electron chi connectivity index (χ1n) is 7.68. The van der Waals surface area contributed by atoms with Gasteiger partial charge in [0.1, 0.15) is 10.7 Å². The van der Waals surface area contributed by atoms with Crippen molar-refractivity contribution in [3.05, 3.63) is 46.2 Å². The highest BCUT2D eigenvalue weighted by atomic mass is 32.1. The topological polar surface area (TPSA) is 42.4 Å². The molecular formula is C17H19FN2O2S. The van der Waals surface area contributed by atoms with Crippen molar-refractivity contribution < 1.29 is 13.9 Å². The summed E-state index contributed by atoms with van der Waals surface area (Å²) in [6, 6.07) is 6.43. The Hall–Kier alpha value is -1.95. The van der Waals surface area contributed by atoms with Crippen molar-refractivity contribution >= 4 is 17.2 Å². The molecule has 0 radical (unpaired) electrons. The Morgan fingerprint density at radius 3 is 2.74 bits per heavy atom. The van der Waals surface area contributed by atoms with E-state index >= 15 is 0 Å². The molecule has 6 heteroatoms. The number of methoxy groups -OCH3 is 1. The van der Waals surface area contributed by atoms with Gasteiger partial charge in [0, 0.05) is 6.54 Å². The van der Waals surface area contributed by atoms with Gasteiger partial charge in [-0.2, -0.15) is 0 Å². The molecule has 1 amide bonds. The van der Waals surface area contributed by atoms with E-state index in [0.29, 0.717) is 22.3 Å². The Balaban J connectivity index is 1.89. The summed E-state index contributed by atoms with van der Waals surface area (Å²) in [7, 11) is 1.55. The van der Waals surface area contributed by atoms with Crippen LogP contribution in [0.1, 0.15) is 46.2 Å². The lowest BCUT2D eigenvalue weighted by molar-refractivity contribution is 0.0615. The Morgan fingerprint density at radius 1 is 1.35 bits per heavy atom. The molecule has 2 heterocycles. The molecule has 1 saturated heterocycles. The van der Waals surface area contributed by atoms with Crippen molar-refractivity contribution in [1.82, 2.24) is 9.88 Å². The number of amides is 1. The van der Waals surface area contributed by atoms with Gasteiger partial charge >= 0.3 is 0 Å². The third-order valence-corrected chi connectivity index (χ3v) is 5.27. The van der Waals surface area contributed by atoms with E-state index in [4.69, 9.17) is 4.74 Å². The summed E-state index contributed by atoms with van der Waals surface area (Å²) in [6.45, 7) is 2.53. The third-order valence-electron chi connectivity index (χ3n) is 4.16. The van der Waals surface area contributed by atoms with Gasteiger partial charge in [-0.1, -0.05) is 23.5 Å². The van der Waals surface area contributed by atoms with E-state index in [1.807, 2.05) is 11.8 Å². The van der Waals surface area contributed by atoms with Crippen molar-refractivity contribution in [3.63, 3.8) is 0 Å². The minimum Gasteiger partial charge on any atom is -0.473 e. The van der Waals surface area contributed by atoms with E-state index in [0.717, 1.165) is 24.8 Å². The maximum absolute atomic E-state index is 13.2. The Bertz CT molecular complexity index is 699. The van der Waals surface area contributed by atoms with E-state index in [1.165, 1.54) is 23.5 Å². The first kappa shape index (κ1) is 15.9. The van der Waals surface area contributed by atoms with Crippen molar-refractivity contribution in [2.45, 2.75) is 32.2 Å². The van der Waals surface area contributed by atoms with Gasteiger partial charge in [-0.25, -0.2) is 9.37 Å². The molecule has 0 N–H and O–H groups in total. The van der Waals surface area contributed by atoms with Gasteiger partial charge in [-0.15, -0.1) is 0 Å². The number of hydrogen-bond acceptors (Lipinski definition) is 4. The van der Waals surface area contributed by atoms with E-state index in [-0.39, 0.29) is 17.8 Å². The first-order valence-corrected chi connectivity index (χ1v) is 8.49. The van der Waals surface area contributed by atoms with Crippen LogP contribution in [0.2, 0.25) is 0 Å². The lowest BCUT2D eigenvalue weighted by atomic mass is 9.95. The van der Waals surface area contributed by atoms with Gasteiger partial charge < -0.3 is 9.64 Å². The molecule has 0 saturated carbocycles. The van der Waals surface area contributed by atoms with Gasteiger partial charge in [0.05, 0.1) is 18.8 Å². The minimum absolute atomic E-state index is 0.00987. The lowest BCUT2D eigenvalue weighted by Gasteiger charge is -2.36. The molecule has 0 aliphatic carbocycles. The van der Waals surface area contributed by atoms with Gasteiger partial charge in [-0.05, 0) is 43.9 Å². The molecule has 122 valence electrons. The van der Waals surface area contributed by atoms with Gasteiger partial charge in [-0.3, -0.25) is 4.79 Å². The quantitative estimate of drug-likeness (QED) is 0.853. The number of nitrogens with zero attached hydrogens (tertiary/aromatic N) is 2. The van der Waals surface area contributed by atoms with E-state index in [9.17, 15) is 9.18 Å². The number of likely N-dealkylation sites (tertiary alicyclic amines) is 1. The third kappa shape index (κ3) is 3.22. The smallest absolute Gasteiger partial charge is 0.273 e. The van der Waals surface area contributed by atoms with Gasteiger partial charge in [0.2, 0.25) is 0 Å². The number of rotatable bonds is 3. The number of aromatic nitrogens is 1. The van der Waals surface area contributed by atoms with Crippen LogP contribution in [0.4, 0.5) is 4.39 Å². The summed E-state index contributed by atoms with van der Waals surface area (Å²) in [4.78, 5) is 19.7. The zero-order valence-corrected chi connectivity index (χ0v) is 14.0. The fourth-order valence-electron chi connectivity index (χ4n) is 2.99. The van der Waals surface area contributed by atoms with Crippen LogP contribution in [-0.2, 0) is 0 Å². The van der Waals surface area contributed by atoms with Gasteiger partial charge in [0.15, 0.2) is 0 Å². The zero-order chi connectivity index (χ0) is 16.4. The highest BCUT2D eigenvalue weighted by Crippen LogP contribution is 2.34. The second-order valence-corrected chi connectivity index (χ2v) is 6.62. The van der Waals surface area contributed by atoms with Crippen molar-refractivity contribution in [3.8, 4) is 5.19 Å². The maximum Gasteiger partial charge on any atom is 0.273 e. The summed E-state index contributed by atoms with van der Waals surface area (Å²) in [5, 5.41) is 0.501. The number of carbonyl (C=O) groups is 1. The minimum atomic E-state index is -0.259. The summed E-state index contributed by atoms with van der Waals surface area (Å²) < 4.78 is 18.3. The first-order chi connectivity index (χ1) is 11.1. The molecule has 1 unspecified atom stereocenters. The summed E-state index contributed by atoms with van der Waals surface area (Å²) in [5.41, 5.74) is 1.67. The maximum atomic E-state index is 13.2. The number of halogens is 1. The summed E-state index contributed by atoms with van der Waals surface area (Å²) in [6.07, 6.45) is 2.95. The Labute approximate surface area is 138 Å². The SMILES string of the molecule is COc1nc(C)c(C(=O)N2CCCCC2c2ccc(F)cc2)s1. The molecule has 3 rings (SSSR count).